The van der Waals surface area contributed by atoms with E-state index >= 15 is 0 Å². The predicted octanol–water partition coefficient (Wildman–Crippen LogP) is 1.85. The van der Waals surface area contributed by atoms with Crippen LogP contribution in [0.4, 0.5) is 0 Å². The normalized spacial score (nSPS) is 11.5. The average molecular weight is 202 g/mol. The van der Waals surface area contributed by atoms with Gasteiger partial charge in [-0.2, -0.15) is 4.89 Å². The Balaban J connectivity index is 3.49. The number of carbonyl (C=O) groups excluding carboxylic acids is 1. The van der Waals surface area contributed by atoms with Crippen molar-refractivity contribution in [3.8, 4) is 0 Å². The van der Waals surface area contributed by atoms with Crippen LogP contribution in [-0.4, -0.2) is 25.8 Å². The smallest absolute Gasteiger partial charge is 0.368 e. The molecule has 0 amide bonds. The number of hydrogen-bond acceptors (Lipinski definition) is 4. The van der Waals surface area contributed by atoms with Gasteiger partial charge in [-0.05, 0) is 20.3 Å². The lowest BCUT2D eigenvalue weighted by Crippen LogP contribution is -2.10. The van der Waals surface area contributed by atoms with E-state index in [0.29, 0.717) is 18.8 Å². The van der Waals surface area contributed by atoms with E-state index in [4.69, 9.17) is 4.74 Å². The standard InChI is InChI=1S/C10H18O4/c1-4-6-9(3)10(11)14-13-8-7-12-5-2/h6H,4-5,7-8H2,1-3H3. The van der Waals surface area contributed by atoms with Crippen LogP contribution in [0, 0.1) is 0 Å². The van der Waals surface area contributed by atoms with Gasteiger partial charge in [0.25, 0.3) is 0 Å². The van der Waals surface area contributed by atoms with Crippen LogP contribution in [0.3, 0.4) is 0 Å². The second-order valence-electron chi connectivity index (χ2n) is 2.69. The maximum absolute atomic E-state index is 11.1. The molecule has 0 saturated heterocycles. The van der Waals surface area contributed by atoms with Crippen molar-refractivity contribution in [2.24, 2.45) is 0 Å². The molecule has 4 nitrogen and oxygen atoms in total. The van der Waals surface area contributed by atoms with Crippen LogP contribution < -0.4 is 0 Å². The Morgan fingerprint density at radius 1 is 1.29 bits per heavy atom. The summed E-state index contributed by atoms with van der Waals surface area (Å²) in [5, 5.41) is 0. The summed E-state index contributed by atoms with van der Waals surface area (Å²) in [5.41, 5.74) is 0.559. The molecule has 0 saturated carbocycles. The second-order valence-corrected chi connectivity index (χ2v) is 2.69. The molecule has 0 aromatic heterocycles. The summed E-state index contributed by atoms with van der Waals surface area (Å²) in [6, 6.07) is 0. The van der Waals surface area contributed by atoms with Crippen molar-refractivity contribution in [1.82, 2.24) is 0 Å². The fourth-order valence-electron chi connectivity index (χ4n) is 0.788. The molecule has 0 aromatic carbocycles. The van der Waals surface area contributed by atoms with Crippen molar-refractivity contribution < 1.29 is 19.3 Å². The molecule has 4 heteroatoms. The summed E-state index contributed by atoms with van der Waals surface area (Å²) < 4.78 is 4.99. The molecule has 0 aliphatic rings. The molecule has 0 bridgehead atoms. The van der Waals surface area contributed by atoms with Crippen molar-refractivity contribution in [3.63, 3.8) is 0 Å². The molecule has 0 aromatic rings. The number of rotatable bonds is 7. The van der Waals surface area contributed by atoms with Crippen LogP contribution >= 0.6 is 0 Å². The monoisotopic (exact) mass is 202 g/mol. The minimum absolute atomic E-state index is 0.263. The van der Waals surface area contributed by atoms with Crippen LogP contribution in [-0.2, 0) is 19.3 Å². The van der Waals surface area contributed by atoms with Crippen LogP contribution in [0.2, 0.25) is 0 Å². The van der Waals surface area contributed by atoms with Gasteiger partial charge in [-0.15, -0.1) is 0 Å². The Bertz CT molecular complexity index is 187. The SMILES string of the molecule is CCC=C(C)C(=O)OOCCOCC. The van der Waals surface area contributed by atoms with Gasteiger partial charge in [-0.1, -0.05) is 13.0 Å². The van der Waals surface area contributed by atoms with Gasteiger partial charge in [-0.25, -0.2) is 4.79 Å². The molecular weight excluding hydrogens is 184 g/mol. The summed E-state index contributed by atoms with van der Waals surface area (Å²) in [4.78, 5) is 20.3. The van der Waals surface area contributed by atoms with Gasteiger partial charge in [0.15, 0.2) is 0 Å². The molecule has 0 aliphatic carbocycles. The van der Waals surface area contributed by atoms with Crippen molar-refractivity contribution in [1.29, 1.82) is 0 Å². The summed E-state index contributed by atoms with van der Waals surface area (Å²) >= 11 is 0. The van der Waals surface area contributed by atoms with E-state index in [-0.39, 0.29) is 6.61 Å². The Morgan fingerprint density at radius 3 is 2.57 bits per heavy atom. The van der Waals surface area contributed by atoms with Crippen LogP contribution in [0.15, 0.2) is 11.6 Å². The minimum atomic E-state index is -0.441. The number of ether oxygens (including phenoxy) is 1. The average Bonchev–Trinajstić information content (AvgIpc) is 2.17. The van der Waals surface area contributed by atoms with Crippen molar-refractivity contribution in [2.45, 2.75) is 27.2 Å². The molecule has 14 heavy (non-hydrogen) atoms. The molecule has 0 heterocycles. The van der Waals surface area contributed by atoms with Crippen molar-refractivity contribution in [3.05, 3.63) is 11.6 Å². The molecule has 0 N–H and O–H groups in total. The first-order valence-electron chi connectivity index (χ1n) is 4.80. The van der Waals surface area contributed by atoms with Crippen LogP contribution in [0.5, 0.6) is 0 Å². The summed E-state index contributed by atoms with van der Waals surface area (Å²) in [6.45, 7) is 6.86. The third-order valence-electron chi connectivity index (χ3n) is 1.48. The van der Waals surface area contributed by atoms with Gasteiger partial charge in [0.1, 0.15) is 6.61 Å². The topological polar surface area (TPSA) is 44.8 Å². The number of hydrogen-bond donors (Lipinski definition) is 0. The third kappa shape index (κ3) is 6.62. The highest BCUT2D eigenvalue weighted by atomic mass is 17.2. The quantitative estimate of drug-likeness (QED) is 0.273. The lowest BCUT2D eigenvalue weighted by Gasteiger charge is -2.03. The molecule has 0 fully saturated rings. The summed E-state index contributed by atoms with van der Waals surface area (Å²) in [6.07, 6.45) is 2.59. The van der Waals surface area contributed by atoms with Crippen LogP contribution in [0.1, 0.15) is 27.2 Å². The zero-order valence-electron chi connectivity index (χ0n) is 9.04. The zero-order valence-corrected chi connectivity index (χ0v) is 9.04. The molecule has 0 atom stereocenters. The van der Waals surface area contributed by atoms with Gasteiger partial charge < -0.3 is 4.74 Å². The lowest BCUT2D eigenvalue weighted by molar-refractivity contribution is -0.272. The molecule has 0 spiro atoms. The molecule has 0 aliphatic heterocycles. The van der Waals surface area contributed by atoms with E-state index in [2.05, 4.69) is 9.78 Å². The molecule has 82 valence electrons. The largest absolute Gasteiger partial charge is 0.379 e. The molecular formula is C10H18O4. The molecule has 0 rings (SSSR count). The first-order valence-corrected chi connectivity index (χ1v) is 4.80. The highest BCUT2D eigenvalue weighted by Crippen LogP contribution is 1.98. The Hall–Kier alpha value is -0.870. The first kappa shape index (κ1) is 13.1. The Labute approximate surface area is 84.8 Å². The van der Waals surface area contributed by atoms with Gasteiger partial charge in [0, 0.05) is 12.2 Å². The van der Waals surface area contributed by atoms with Gasteiger partial charge >= 0.3 is 5.97 Å². The predicted molar refractivity (Wildman–Crippen MR) is 52.6 cm³/mol. The van der Waals surface area contributed by atoms with E-state index in [1.807, 2.05) is 13.8 Å². The fourth-order valence-corrected chi connectivity index (χ4v) is 0.788. The van der Waals surface area contributed by atoms with E-state index in [0.717, 1.165) is 6.42 Å². The van der Waals surface area contributed by atoms with Crippen molar-refractivity contribution >= 4 is 5.97 Å². The maximum Gasteiger partial charge on any atom is 0.368 e. The Morgan fingerprint density at radius 2 is 2.00 bits per heavy atom. The highest BCUT2D eigenvalue weighted by molar-refractivity contribution is 5.87. The van der Waals surface area contributed by atoms with E-state index < -0.39 is 5.97 Å². The summed E-state index contributed by atoms with van der Waals surface area (Å²) in [5.74, 6) is -0.441. The Kier molecular flexibility index (Phi) is 8.17. The van der Waals surface area contributed by atoms with E-state index in [1.54, 1.807) is 13.0 Å². The van der Waals surface area contributed by atoms with Crippen LogP contribution in [0.25, 0.3) is 0 Å². The number of allylic oxidation sites excluding steroid dienone is 1. The van der Waals surface area contributed by atoms with E-state index in [9.17, 15) is 4.79 Å². The maximum atomic E-state index is 11.1. The highest BCUT2D eigenvalue weighted by Gasteiger charge is 2.05. The third-order valence-corrected chi connectivity index (χ3v) is 1.48. The summed E-state index contributed by atoms with van der Waals surface area (Å²) in [7, 11) is 0. The van der Waals surface area contributed by atoms with E-state index in [1.165, 1.54) is 0 Å². The lowest BCUT2D eigenvalue weighted by atomic mass is 10.2. The number of carbonyl (C=O) groups is 1. The van der Waals surface area contributed by atoms with Gasteiger partial charge in [0.2, 0.25) is 0 Å². The minimum Gasteiger partial charge on any atom is -0.379 e. The molecule has 0 radical (unpaired) electrons. The first-order chi connectivity index (χ1) is 6.72. The second kappa shape index (κ2) is 8.72. The zero-order chi connectivity index (χ0) is 10.8. The van der Waals surface area contributed by atoms with Crippen molar-refractivity contribution in [2.75, 3.05) is 19.8 Å². The van der Waals surface area contributed by atoms with Gasteiger partial charge in [0.05, 0.1) is 6.61 Å². The van der Waals surface area contributed by atoms with Gasteiger partial charge in [-0.3, -0.25) is 4.89 Å². The fraction of sp³-hybridized carbons (Fsp3) is 0.700. The molecule has 0 unspecified atom stereocenters.